The van der Waals surface area contributed by atoms with Crippen molar-refractivity contribution in [3.63, 3.8) is 0 Å². The molecule has 28 heavy (non-hydrogen) atoms. The van der Waals surface area contributed by atoms with Gasteiger partial charge in [-0.25, -0.2) is 4.90 Å². The minimum Gasteiger partial charge on any atom is -0.454 e. The second kappa shape index (κ2) is 7.49. The van der Waals surface area contributed by atoms with E-state index in [9.17, 15) is 24.0 Å². The molecule has 0 spiro atoms. The van der Waals surface area contributed by atoms with E-state index >= 15 is 0 Å². The van der Waals surface area contributed by atoms with Crippen LogP contribution < -0.4 is 0 Å². The molecular formula is C18H28N2O6Si2. The maximum absolute atomic E-state index is 12.7. The van der Waals surface area contributed by atoms with Gasteiger partial charge in [0.1, 0.15) is 0 Å². The third-order valence-electron chi connectivity index (χ3n) is 5.43. The third-order valence-corrected chi connectivity index (χ3v) is 13.9. The van der Waals surface area contributed by atoms with Crippen LogP contribution in [0.3, 0.4) is 0 Å². The van der Waals surface area contributed by atoms with Crippen LogP contribution in [0.1, 0.15) is 33.1 Å². The Bertz CT molecular complexity index is 776. The van der Waals surface area contributed by atoms with E-state index in [4.69, 9.17) is 4.12 Å². The summed E-state index contributed by atoms with van der Waals surface area (Å²) in [5.74, 6) is -2.11. The predicted octanol–water partition coefficient (Wildman–Crippen LogP) is 2.14. The number of nitrogens with zero attached hydrogens (tertiary/aromatic N) is 2. The second-order valence-electron chi connectivity index (χ2n) is 8.44. The molecule has 5 amide bonds. The number of likely N-dealkylation sites (tertiary alicyclic amines) is 2. The van der Waals surface area contributed by atoms with Gasteiger partial charge in [0, 0.05) is 25.0 Å². The van der Waals surface area contributed by atoms with Crippen LogP contribution in [0.5, 0.6) is 0 Å². The summed E-state index contributed by atoms with van der Waals surface area (Å²) in [4.78, 5) is 63.7. The smallest absolute Gasteiger partial charge is 0.239 e. The average Bonchev–Trinajstić information content (AvgIpc) is 3.02. The lowest BCUT2D eigenvalue weighted by Crippen LogP contribution is -2.52. The van der Waals surface area contributed by atoms with Crippen molar-refractivity contribution in [3.05, 3.63) is 12.3 Å². The minimum absolute atomic E-state index is 0.0519. The summed E-state index contributed by atoms with van der Waals surface area (Å²) in [6, 6.07) is 0. The molecule has 0 N–H and O–H groups in total. The van der Waals surface area contributed by atoms with Gasteiger partial charge in [-0.2, -0.15) is 0 Å². The Kier molecular flexibility index (Phi) is 5.98. The molecule has 2 fully saturated rings. The highest BCUT2D eigenvalue weighted by molar-refractivity contribution is 6.89. The van der Waals surface area contributed by atoms with E-state index in [0.717, 1.165) is 9.80 Å². The van der Waals surface area contributed by atoms with Crippen LogP contribution in [0, 0.1) is 0 Å². The van der Waals surface area contributed by atoms with Gasteiger partial charge in [-0.3, -0.25) is 28.9 Å². The van der Waals surface area contributed by atoms with Crippen LogP contribution in [0.25, 0.3) is 0 Å². The van der Waals surface area contributed by atoms with E-state index in [2.05, 4.69) is 6.58 Å². The Balaban J connectivity index is 2.23. The lowest BCUT2D eigenvalue weighted by molar-refractivity contribution is -0.149. The van der Waals surface area contributed by atoms with Gasteiger partial charge in [0.05, 0.1) is 11.1 Å². The van der Waals surface area contributed by atoms with E-state index in [0.29, 0.717) is 5.70 Å². The number of allylic oxidation sites excluding steroid dienone is 1. The van der Waals surface area contributed by atoms with Gasteiger partial charge >= 0.3 is 0 Å². The summed E-state index contributed by atoms with van der Waals surface area (Å²) in [7, 11) is -5.52. The molecule has 0 saturated carbocycles. The molecule has 2 aliphatic heterocycles. The van der Waals surface area contributed by atoms with Crippen molar-refractivity contribution >= 4 is 46.2 Å². The molecule has 0 radical (unpaired) electrons. The number of rotatable bonds is 6. The molecule has 154 valence electrons. The first kappa shape index (κ1) is 22.4. The Morgan fingerprint density at radius 1 is 0.964 bits per heavy atom. The van der Waals surface area contributed by atoms with Crippen molar-refractivity contribution in [2.45, 2.75) is 70.4 Å². The van der Waals surface area contributed by atoms with Gasteiger partial charge in [-0.05, 0) is 33.1 Å². The first-order valence-electron chi connectivity index (χ1n) is 9.36. The minimum atomic E-state index is -2.79. The highest BCUT2D eigenvalue weighted by Gasteiger charge is 2.56. The molecule has 2 aliphatic rings. The van der Waals surface area contributed by atoms with Crippen molar-refractivity contribution in [1.82, 2.24) is 9.80 Å². The molecule has 0 aliphatic carbocycles. The molecule has 2 rings (SSSR count). The number of imide groups is 4. The van der Waals surface area contributed by atoms with Crippen LogP contribution >= 0.6 is 0 Å². The Hall–Kier alpha value is -1.92. The Morgan fingerprint density at radius 2 is 1.36 bits per heavy atom. The third kappa shape index (κ3) is 3.80. The van der Waals surface area contributed by atoms with Gasteiger partial charge in [-0.15, -0.1) is 0 Å². The lowest BCUT2D eigenvalue weighted by Gasteiger charge is -2.38. The first-order valence-corrected chi connectivity index (χ1v) is 15.3. The Morgan fingerprint density at radius 3 is 1.71 bits per heavy atom. The number of carbonyl (C=O) groups excluding carboxylic acids is 5. The molecule has 2 saturated heterocycles. The van der Waals surface area contributed by atoms with Crippen molar-refractivity contribution in [2.24, 2.45) is 0 Å². The molecular weight excluding hydrogens is 396 g/mol. The van der Waals surface area contributed by atoms with Crippen LogP contribution in [-0.4, -0.2) is 56.0 Å². The van der Waals surface area contributed by atoms with Crippen molar-refractivity contribution < 1.29 is 28.1 Å². The molecule has 0 aromatic rings. The normalized spacial score (nSPS) is 23.8. The zero-order valence-electron chi connectivity index (χ0n) is 17.3. The van der Waals surface area contributed by atoms with E-state index in [-0.39, 0.29) is 31.1 Å². The summed E-state index contributed by atoms with van der Waals surface area (Å²) in [5.41, 5.74) is -0.861. The van der Waals surface area contributed by atoms with Crippen LogP contribution in [0.4, 0.5) is 0 Å². The summed E-state index contributed by atoms with van der Waals surface area (Å²) < 4.78 is 6.46. The van der Waals surface area contributed by atoms with Gasteiger partial charge in [-0.1, -0.05) is 13.5 Å². The topological polar surface area (TPSA) is 101 Å². The molecule has 0 bridgehead atoms. The summed E-state index contributed by atoms with van der Waals surface area (Å²) >= 11 is 0. The van der Waals surface area contributed by atoms with Crippen molar-refractivity contribution in [3.8, 4) is 0 Å². The molecule has 2 unspecified atom stereocenters. The molecule has 2 atom stereocenters. The fourth-order valence-corrected chi connectivity index (χ4v) is 13.3. The van der Waals surface area contributed by atoms with Gasteiger partial charge in [0.15, 0.2) is 16.6 Å². The molecule has 10 heteroatoms. The standard InChI is InChI=1S/C18H28N2O6Si2/c1-8-14(21)20-16(23)10-13(18(20)25)28(6,7)26-27(4,5)12-9-15(22)19(11(2)3)17(12)24/h12-13H,2,8-10H2,1,3-7H3. The predicted molar refractivity (Wildman–Crippen MR) is 107 cm³/mol. The maximum Gasteiger partial charge on any atom is 0.239 e. The van der Waals surface area contributed by atoms with Crippen LogP contribution in [0.2, 0.25) is 37.3 Å². The molecule has 0 aromatic carbocycles. The van der Waals surface area contributed by atoms with Crippen molar-refractivity contribution in [1.29, 1.82) is 0 Å². The van der Waals surface area contributed by atoms with E-state index in [1.54, 1.807) is 13.8 Å². The average molecular weight is 425 g/mol. The van der Waals surface area contributed by atoms with Gasteiger partial charge in [0.25, 0.3) is 0 Å². The lowest BCUT2D eigenvalue weighted by atomic mass is 10.3. The first-order chi connectivity index (χ1) is 12.7. The maximum atomic E-state index is 12.7. The molecule has 2 heterocycles. The molecule has 0 aromatic heterocycles. The molecule has 8 nitrogen and oxygen atoms in total. The summed E-state index contributed by atoms with van der Waals surface area (Å²) in [5, 5.41) is 0. The fraction of sp³-hybridized carbons (Fsp3) is 0.611. The van der Waals surface area contributed by atoms with E-state index in [1.165, 1.54) is 0 Å². The summed E-state index contributed by atoms with van der Waals surface area (Å²) in [6.07, 6.45) is 0.0831. The quantitative estimate of drug-likeness (QED) is 0.478. The SMILES string of the molecule is C=C(C)N1C(=O)CC([Si](C)(C)O[Si](C)(C)C2CC(=O)N(C(=O)CC)C2=O)C1=O. The number of carbonyl (C=O) groups is 5. The Labute approximate surface area is 167 Å². The monoisotopic (exact) mass is 424 g/mol. The zero-order chi connectivity index (χ0) is 21.6. The largest absolute Gasteiger partial charge is 0.454 e. The number of amides is 5. The fourth-order valence-electron chi connectivity index (χ4n) is 3.99. The van der Waals surface area contributed by atoms with Gasteiger partial charge in [0.2, 0.25) is 29.5 Å². The zero-order valence-corrected chi connectivity index (χ0v) is 19.3. The van der Waals surface area contributed by atoms with Crippen LogP contribution in [-0.2, 0) is 28.1 Å². The summed E-state index contributed by atoms with van der Waals surface area (Å²) in [6.45, 7) is 14.3. The highest BCUT2D eigenvalue weighted by Crippen LogP contribution is 2.42. The van der Waals surface area contributed by atoms with Crippen LogP contribution in [0.15, 0.2) is 12.3 Å². The van der Waals surface area contributed by atoms with E-state index in [1.807, 2.05) is 26.2 Å². The van der Waals surface area contributed by atoms with E-state index < -0.39 is 45.4 Å². The number of hydrogen-bond acceptors (Lipinski definition) is 6. The number of hydrogen-bond donors (Lipinski definition) is 0. The van der Waals surface area contributed by atoms with Crippen molar-refractivity contribution in [2.75, 3.05) is 0 Å². The second-order valence-corrected chi connectivity index (χ2v) is 17.1. The van der Waals surface area contributed by atoms with Gasteiger partial charge < -0.3 is 4.12 Å². The highest BCUT2D eigenvalue weighted by atomic mass is 28.4.